The van der Waals surface area contributed by atoms with E-state index in [1.54, 1.807) is 26.2 Å². The zero-order chi connectivity index (χ0) is 24.8. The summed E-state index contributed by atoms with van der Waals surface area (Å²) in [6.45, 7) is 4.02. The van der Waals surface area contributed by atoms with Crippen LogP contribution in [0.1, 0.15) is 17.0 Å². The molecule has 0 aliphatic rings. The Balaban J connectivity index is 0.000000165. The van der Waals surface area contributed by atoms with Crippen LogP contribution >= 0.6 is 0 Å². The lowest BCUT2D eigenvalue weighted by Crippen LogP contribution is -2.28. The first-order valence-corrected chi connectivity index (χ1v) is 10.9. The molecule has 0 atom stereocenters. The van der Waals surface area contributed by atoms with E-state index in [2.05, 4.69) is 30.7 Å². The van der Waals surface area contributed by atoms with E-state index >= 15 is 0 Å². The van der Waals surface area contributed by atoms with Crippen molar-refractivity contribution in [3.63, 3.8) is 0 Å². The molecule has 0 fully saturated rings. The van der Waals surface area contributed by atoms with E-state index in [1.165, 1.54) is 0 Å². The Bertz CT molecular complexity index is 1420. The van der Waals surface area contributed by atoms with Crippen molar-refractivity contribution in [3.8, 4) is 11.4 Å². The maximum atomic E-state index is 11.7. The van der Waals surface area contributed by atoms with Crippen molar-refractivity contribution >= 4 is 28.7 Å². The summed E-state index contributed by atoms with van der Waals surface area (Å²) in [6, 6.07) is 17.0. The molecule has 0 aliphatic heterocycles. The van der Waals surface area contributed by atoms with Gasteiger partial charge < -0.3 is 25.5 Å². The standard InChI is InChI=1S/C13H15N3O2.C12H11N5/c1-9-12(10(2)18-16-9)15-13(17)14-8-11-6-4-3-5-7-11;1-17-11(8-4-2-6-14-10(8)13)16-9-5-3-7-15-12(9)17/h3-7H,8H2,1-2H3,(H2,14,15,17);2-7H,1H3,(H2,13,14). The molecule has 0 aliphatic carbocycles. The van der Waals surface area contributed by atoms with Crippen molar-refractivity contribution in [2.45, 2.75) is 20.4 Å². The van der Waals surface area contributed by atoms with E-state index in [-0.39, 0.29) is 6.03 Å². The predicted molar refractivity (Wildman–Crippen MR) is 134 cm³/mol. The van der Waals surface area contributed by atoms with Crippen LogP contribution in [0, 0.1) is 13.8 Å². The van der Waals surface area contributed by atoms with Crippen LogP contribution < -0.4 is 16.4 Å². The second kappa shape index (κ2) is 10.5. The van der Waals surface area contributed by atoms with Crippen LogP contribution in [-0.4, -0.2) is 30.7 Å². The molecule has 10 nitrogen and oxygen atoms in total. The first kappa shape index (κ1) is 23.4. The molecular weight excluding hydrogens is 444 g/mol. The monoisotopic (exact) mass is 470 g/mol. The van der Waals surface area contributed by atoms with Gasteiger partial charge in [0, 0.05) is 26.0 Å². The van der Waals surface area contributed by atoms with Crippen molar-refractivity contribution in [2.75, 3.05) is 11.1 Å². The average Bonchev–Trinajstić information content (AvgIpc) is 3.38. The summed E-state index contributed by atoms with van der Waals surface area (Å²) >= 11 is 0. The molecule has 178 valence electrons. The molecule has 0 unspecified atom stereocenters. The number of benzene rings is 1. The van der Waals surface area contributed by atoms with Crippen LogP contribution in [0.4, 0.5) is 16.3 Å². The van der Waals surface area contributed by atoms with Crippen molar-refractivity contribution in [3.05, 3.63) is 84.0 Å². The van der Waals surface area contributed by atoms with Gasteiger partial charge in [0.15, 0.2) is 11.4 Å². The Morgan fingerprint density at radius 1 is 1.03 bits per heavy atom. The second-order valence-corrected chi connectivity index (χ2v) is 7.77. The normalized spacial score (nSPS) is 10.5. The number of hydrogen-bond acceptors (Lipinski definition) is 7. The van der Waals surface area contributed by atoms with Gasteiger partial charge in [-0.3, -0.25) is 0 Å². The minimum atomic E-state index is -0.270. The van der Waals surface area contributed by atoms with E-state index in [9.17, 15) is 4.79 Å². The first-order valence-electron chi connectivity index (χ1n) is 10.9. The Morgan fingerprint density at radius 2 is 1.77 bits per heavy atom. The van der Waals surface area contributed by atoms with Crippen LogP contribution in [0.25, 0.3) is 22.6 Å². The molecule has 2 amide bonds. The Morgan fingerprint density at radius 3 is 2.46 bits per heavy atom. The zero-order valence-electron chi connectivity index (χ0n) is 19.7. The van der Waals surface area contributed by atoms with Gasteiger partial charge in [-0.2, -0.15) is 0 Å². The number of pyridine rings is 2. The summed E-state index contributed by atoms with van der Waals surface area (Å²) in [5.74, 6) is 1.86. The number of nitrogens with two attached hydrogens (primary N) is 1. The van der Waals surface area contributed by atoms with Crippen molar-refractivity contribution in [1.29, 1.82) is 0 Å². The summed E-state index contributed by atoms with van der Waals surface area (Å²) in [4.78, 5) is 24.6. The number of amides is 2. The minimum Gasteiger partial charge on any atom is -0.383 e. The van der Waals surface area contributed by atoms with E-state index in [1.807, 2.05) is 66.2 Å². The fourth-order valence-electron chi connectivity index (χ4n) is 3.47. The lowest BCUT2D eigenvalue weighted by Gasteiger charge is -2.06. The molecule has 4 aromatic heterocycles. The number of fused-ring (bicyclic) bond motifs is 1. The lowest BCUT2D eigenvalue weighted by atomic mass is 10.2. The number of hydrogen-bond donors (Lipinski definition) is 3. The molecule has 4 N–H and O–H groups in total. The average molecular weight is 471 g/mol. The van der Waals surface area contributed by atoms with E-state index in [0.717, 1.165) is 28.1 Å². The second-order valence-electron chi connectivity index (χ2n) is 7.77. The highest BCUT2D eigenvalue weighted by Gasteiger charge is 2.13. The number of nitrogens with one attached hydrogen (secondary N) is 2. The molecule has 0 radical (unpaired) electrons. The number of urea groups is 1. The maximum Gasteiger partial charge on any atom is 0.319 e. The summed E-state index contributed by atoms with van der Waals surface area (Å²) in [6.07, 6.45) is 3.42. The number of anilines is 2. The van der Waals surface area contributed by atoms with E-state index < -0.39 is 0 Å². The molecule has 0 bridgehead atoms. The third-order valence-electron chi connectivity index (χ3n) is 5.28. The van der Waals surface area contributed by atoms with Gasteiger partial charge in [0.1, 0.15) is 28.5 Å². The van der Waals surface area contributed by atoms with Crippen LogP contribution in [0.15, 0.2) is 71.5 Å². The molecule has 0 saturated carbocycles. The van der Waals surface area contributed by atoms with Crippen molar-refractivity contribution in [2.24, 2.45) is 7.05 Å². The molecule has 0 saturated heterocycles. The SMILES string of the molecule is Cc1noc(C)c1NC(=O)NCc1ccccc1.Cn1c(-c2cccnc2N)nc2cccnc21. The number of nitrogens with zero attached hydrogens (tertiary/aromatic N) is 5. The molecule has 35 heavy (non-hydrogen) atoms. The van der Waals surface area contributed by atoms with Crippen LogP contribution in [0.3, 0.4) is 0 Å². The van der Waals surface area contributed by atoms with E-state index in [0.29, 0.717) is 29.5 Å². The Labute approximate surface area is 202 Å². The third kappa shape index (κ3) is 5.44. The Hall–Kier alpha value is -4.73. The van der Waals surface area contributed by atoms with Crippen molar-refractivity contribution in [1.82, 2.24) is 30.0 Å². The highest BCUT2D eigenvalue weighted by atomic mass is 16.5. The number of aryl methyl sites for hydroxylation is 3. The van der Waals surface area contributed by atoms with Gasteiger partial charge in [-0.25, -0.2) is 19.7 Å². The van der Waals surface area contributed by atoms with Crippen LogP contribution in [0.5, 0.6) is 0 Å². The largest absolute Gasteiger partial charge is 0.383 e. The number of carbonyl (C=O) groups excluding carboxylic acids is 1. The topological polar surface area (TPSA) is 137 Å². The van der Waals surface area contributed by atoms with Crippen LogP contribution in [-0.2, 0) is 13.6 Å². The summed E-state index contributed by atoms with van der Waals surface area (Å²) in [5.41, 5.74) is 10.7. The minimum absolute atomic E-state index is 0.270. The molecule has 1 aromatic carbocycles. The van der Waals surface area contributed by atoms with Gasteiger partial charge in [-0.15, -0.1) is 0 Å². The van der Waals surface area contributed by atoms with Crippen LogP contribution in [0.2, 0.25) is 0 Å². The fourth-order valence-corrected chi connectivity index (χ4v) is 3.47. The fraction of sp³-hybridized carbons (Fsp3) is 0.160. The number of rotatable bonds is 4. The van der Waals surface area contributed by atoms with Gasteiger partial charge in [-0.05, 0) is 43.7 Å². The van der Waals surface area contributed by atoms with Crippen molar-refractivity contribution < 1.29 is 9.32 Å². The molecule has 5 aromatic rings. The molecule has 10 heteroatoms. The summed E-state index contributed by atoms with van der Waals surface area (Å²) in [7, 11) is 1.92. The number of nitrogen functional groups attached to an aromatic ring is 1. The lowest BCUT2D eigenvalue weighted by molar-refractivity contribution is 0.251. The highest BCUT2D eigenvalue weighted by molar-refractivity contribution is 5.90. The third-order valence-corrected chi connectivity index (χ3v) is 5.28. The van der Waals surface area contributed by atoms with Gasteiger partial charge in [0.2, 0.25) is 0 Å². The number of aromatic nitrogens is 5. The number of carbonyl (C=O) groups is 1. The maximum absolute atomic E-state index is 11.7. The number of imidazole rings is 1. The highest BCUT2D eigenvalue weighted by Crippen LogP contribution is 2.25. The van der Waals surface area contributed by atoms with Gasteiger partial charge in [0.05, 0.1) is 5.56 Å². The summed E-state index contributed by atoms with van der Waals surface area (Å²) in [5, 5.41) is 9.26. The Kier molecular flexibility index (Phi) is 7.01. The zero-order valence-corrected chi connectivity index (χ0v) is 19.7. The molecular formula is C25H26N8O2. The predicted octanol–water partition coefficient (Wildman–Crippen LogP) is 4.23. The molecule has 4 heterocycles. The smallest absolute Gasteiger partial charge is 0.319 e. The van der Waals surface area contributed by atoms with E-state index in [4.69, 9.17) is 10.3 Å². The summed E-state index contributed by atoms with van der Waals surface area (Å²) < 4.78 is 6.89. The quantitative estimate of drug-likeness (QED) is 0.357. The molecule has 0 spiro atoms. The van der Waals surface area contributed by atoms with Gasteiger partial charge in [-0.1, -0.05) is 35.5 Å². The first-order chi connectivity index (χ1) is 16.9. The van der Waals surface area contributed by atoms with Gasteiger partial charge >= 0.3 is 6.03 Å². The van der Waals surface area contributed by atoms with Gasteiger partial charge in [0.25, 0.3) is 0 Å². The molecule has 5 rings (SSSR count).